The summed E-state index contributed by atoms with van der Waals surface area (Å²) >= 11 is 0.889. The first-order chi connectivity index (χ1) is 14.0. The molecule has 2 amide bonds. The van der Waals surface area contributed by atoms with Crippen LogP contribution < -0.4 is 9.47 Å². The zero-order valence-electron chi connectivity index (χ0n) is 16.0. The second-order valence-electron chi connectivity index (χ2n) is 6.16. The van der Waals surface area contributed by atoms with E-state index in [1.807, 2.05) is 0 Å². The standard InChI is InChI=1S/C21H20FNO5S/c1-26-9-8-23-20(24)19(29-21(23)25)12-14-6-7-17(18(11-14)27-2)28-13-15-4-3-5-16(22)10-15/h3-7,10-12H,8-9,13H2,1-2H3/b19-12+. The molecule has 2 aromatic rings. The van der Waals surface area contributed by atoms with Crippen LogP contribution in [0.5, 0.6) is 11.5 Å². The highest BCUT2D eigenvalue weighted by atomic mass is 32.2. The van der Waals surface area contributed by atoms with Crippen LogP contribution in [0.3, 0.4) is 0 Å². The normalized spacial score (nSPS) is 15.3. The van der Waals surface area contributed by atoms with Gasteiger partial charge in [-0.05, 0) is 53.2 Å². The number of nitrogens with zero attached hydrogens (tertiary/aromatic N) is 1. The molecule has 0 aromatic heterocycles. The summed E-state index contributed by atoms with van der Waals surface area (Å²) in [5.41, 5.74) is 1.39. The third-order valence-corrected chi connectivity index (χ3v) is 5.07. The van der Waals surface area contributed by atoms with Gasteiger partial charge in [-0.1, -0.05) is 18.2 Å². The van der Waals surface area contributed by atoms with E-state index in [1.165, 1.54) is 26.4 Å². The van der Waals surface area contributed by atoms with Crippen LogP contribution in [0, 0.1) is 5.82 Å². The van der Waals surface area contributed by atoms with Gasteiger partial charge in [0.2, 0.25) is 0 Å². The molecule has 1 fully saturated rings. The smallest absolute Gasteiger partial charge is 0.293 e. The SMILES string of the molecule is COCCN1C(=O)S/C(=C/c2ccc(OCc3cccc(F)c3)c(OC)c2)C1=O. The van der Waals surface area contributed by atoms with Gasteiger partial charge in [0.25, 0.3) is 11.1 Å². The van der Waals surface area contributed by atoms with Crippen LogP contribution in [0.1, 0.15) is 11.1 Å². The zero-order valence-corrected chi connectivity index (χ0v) is 16.8. The number of halogens is 1. The lowest BCUT2D eigenvalue weighted by Gasteiger charge is -2.12. The molecule has 1 saturated heterocycles. The van der Waals surface area contributed by atoms with E-state index in [-0.39, 0.29) is 36.7 Å². The fraction of sp³-hybridized carbons (Fsp3) is 0.238. The van der Waals surface area contributed by atoms with E-state index in [0.29, 0.717) is 27.5 Å². The summed E-state index contributed by atoms with van der Waals surface area (Å²) in [5, 5.41) is -0.319. The molecule has 1 heterocycles. The molecule has 0 bridgehead atoms. The molecule has 0 spiro atoms. The molecule has 0 aliphatic carbocycles. The average Bonchev–Trinajstić information content (AvgIpc) is 2.98. The molecule has 1 aliphatic rings. The van der Waals surface area contributed by atoms with Crippen molar-refractivity contribution in [2.75, 3.05) is 27.4 Å². The van der Waals surface area contributed by atoms with Crippen molar-refractivity contribution in [3.63, 3.8) is 0 Å². The third kappa shape index (κ3) is 5.16. The number of amides is 2. The van der Waals surface area contributed by atoms with Crippen LogP contribution in [0.4, 0.5) is 9.18 Å². The van der Waals surface area contributed by atoms with E-state index in [0.717, 1.165) is 16.7 Å². The van der Waals surface area contributed by atoms with Gasteiger partial charge in [0, 0.05) is 7.11 Å². The number of hydrogen-bond acceptors (Lipinski definition) is 6. The summed E-state index contributed by atoms with van der Waals surface area (Å²) in [6.45, 7) is 0.692. The Labute approximate surface area is 172 Å². The Morgan fingerprint density at radius 3 is 2.66 bits per heavy atom. The maximum absolute atomic E-state index is 13.3. The molecule has 0 atom stereocenters. The summed E-state index contributed by atoms with van der Waals surface area (Å²) in [6.07, 6.45) is 1.64. The van der Waals surface area contributed by atoms with Crippen LogP contribution in [0.25, 0.3) is 6.08 Å². The highest BCUT2D eigenvalue weighted by Gasteiger charge is 2.34. The number of ether oxygens (including phenoxy) is 3. The second kappa shape index (κ2) is 9.58. The van der Waals surface area contributed by atoms with Crippen molar-refractivity contribution in [2.24, 2.45) is 0 Å². The summed E-state index contributed by atoms with van der Waals surface area (Å²) in [5.74, 6) is 0.284. The molecule has 3 rings (SSSR count). The van der Waals surface area contributed by atoms with Crippen LogP contribution in [-0.2, 0) is 16.1 Å². The Bertz CT molecular complexity index is 946. The van der Waals surface area contributed by atoms with Gasteiger partial charge >= 0.3 is 0 Å². The topological polar surface area (TPSA) is 65.1 Å². The lowest BCUT2D eigenvalue weighted by atomic mass is 10.1. The predicted molar refractivity (Wildman–Crippen MR) is 108 cm³/mol. The molecule has 1 aliphatic heterocycles. The van der Waals surface area contributed by atoms with Gasteiger partial charge in [0.1, 0.15) is 12.4 Å². The number of rotatable bonds is 8. The molecule has 0 radical (unpaired) electrons. The molecule has 152 valence electrons. The van der Waals surface area contributed by atoms with Gasteiger partial charge in [0.15, 0.2) is 11.5 Å². The fourth-order valence-corrected chi connectivity index (χ4v) is 3.57. The number of carbonyl (C=O) groups is 2. The van der Waals surface area contributed by atoms with Crippen LogP contribution in [-0.4, -0.2) is 43.4 Å². The van der Waals surface area contributed by atoms with Gasteiger partial charge in [0.05, 0.1) is 25.2 Å². The van der Waals surface area contributed by atoms with Crippen molar-refractivity contribution >= 4 is 29.0 Å². The van der Waals surface area contributed by atoms with Crippen molar-refractivity contribution in [1.29, 1.82) is 0 Å². The van der Waals surface area contributed by atoms with E-state index in [2.05, 4.69) is 0 Å². The van der Waals surface area contributed by atoms with E-state index in [9.17, 15) is 14.0 Å². The average molecular weight is 417 g/mol. The minimum absolute atomic E-state index is 0.186. The van der Waals surface area contributed by atoms with Gasteiger partial charge in [-0.15, -0.1) is 0 Å². The van der Waals surface area contributed by atoms with Crippen LogP contribution in [0.15, 0.2) is 47.4 Å². The Balaban J connectivity index is 1.74. The molecule has 0 saturated carbocycles. The molecular weight excluding hydrogens is 397 g/mol. The fourth-order valence-electron chi connectivity index (χ4n) is 2.71. The number of benzene rings is 2. The van der Waals surface area contributed by atoms with Crippen molar-refractivity contribution < 1.29 is 28.2 Å². The minimum Gasteiger partial charge on any atom is -0.493 e. The van der Waals surface area contributed by atoms with Gasteiger partial charge in [-0.2, -0.15) is 0 Å². The van der Waals surface area contributed by atoms with Crippen molar-refractivity contribution in [1.82, 2.24) is 4.90 Å². The predicted octanol–water partition coefficient (Wildman–Crippen LogP) is 4.10. The highest BCUT2D eigenvalue weighted by Crippen LogP contribution is 2.34. The molecule has 0 N–H and O–H groups in total. The summed E-state index contributed by atoms with van der Waals surface area (Å²) in [6, 6.07) is 11.3. The molecular formula is C21H20FNO5S. The summed E-state index contributed by atoms with van der Waals surface area (Å²) in [7, 11) is 3.02. The third-order valence-electron chi connectivity index (χ3n) is 4.16. The second-order valence-corrected chi connectivity index (χ2v) is 7.15. The number of methoxy groups -OCH3 is 2. The molecule has 29 heavy (non-hydrogen) atoms. The van der Waals surface area contributed by atoms with Crippen LogP contribution in [0.2, 0.25) is 0 Å². The lowest BCUT2D eigenvalue weighted by Crippen LogP contribution is -2.31. The minimum atomic E-state index is -0.345. The quantitative estimate of drug-likeness (QED) is 0.603. The first-order valence-corrected chi connectivity index (χ1v) is 9.63. The maximum Gasteiger partial charge on any atom is 0.293 e. The molecule has 6 nitrogen and oxygen atoms in total. The Hall–Kier alpha value is -2.84. The van der Waals surface area contributed by atoms with Crippen molar-refractivity contribution in [3.05, 3.63) is 64.3 Å². The number of hydrogen-bond donors (Lipinski definition) is 0. The number of carbonyl (C=O) groups excluding carboxylic acids is 2. The zero-order chi connectivity index (χ0) is 20.8. The number of imide groups is 1. The van der Waals surface area contributed by atoms with Crippen molar-refractivity contribution in [3.8, 4) is 11.5 Å². The first-order valence-electron chi connectivity index (χ1n) is 8.81. The van der Waals surface area contributed by atoms with Crippen LogP contribution >= 0.6 is 11.8 Å². The van der Waals surface area contributed by atoms with E-state index >= 15 is 0 Å². The Morgan fingerprint density at radius 2 is 1.93 bits per heavy atom. The van der Waals surface area contributed by atoms with Gasteiger partial charge in [-0.3, -0.25) is 14.5 Å². The molecule has 0 unspecified atom stereocenters. The van der Waals surface area contributed by atoms with E-state index < -0.39 is 0 Å². The maximum atomic E-state index is 13.3. The van der Waals surface area contributed by atoms with E-state index in [4.69, 9.17) is 14.2 Å². The largest absolute Gasteiger partial charge is 0.493 e. The summed E-state index contributed by atoms with van der Waals surface area (Å²) in [4.78, 5) is 25.9. The van der Waals surface area contributed by atoms with Gasteiger partial charge in [-0.25, -0.2) is 4.39 Å². The molecule has 8 heteroatoms. The number of thioether (sulfide) groups is 1. The molecule has 2 aromatic carbocycles. The van der Waals surface area contributed by atoms with Crippen molar-refractivity contribution in [2.45, 2.75) is 6.61 Å². The Kier molecular flexibility index (Phi) is 6.90. The lowest BCUT2D eigenvalue weighted by molar-refractivity contribution is -0.123. The van der Waals surface area contributed by atoms with Gasteiger partial charge < -0.3 is 14.2 Å². The highest BCUT2D eigenvalue weighted by molar-refractivity contribution is 8.18. The monoisotopic (exact) mass is 417 g/mol. The Morgan fingerprint density at radius 1 is 1.10 bits per heavy atom. The van der Waals surface area contributed by atoms with E-state index in [1.54, 1.807) is 36.4 Å². The first kappa shape index (κ1) is 20.9. The summed E-state index contributed by atoms with van der Waals surface area (Å²) < 4.78 is 29.3.